The Kier molecular flexibility index (Phi) is 5.38. The third-order valence-corrected chi connectivity index (χ3v) is 6.68. The number of hydrogen-bond acceptors (Lipinski definition) is 5. The summed E-state index contributed by atoms with van der Waals surface area (Å²) < 4.78 is 0. The number of hydrogen-bond donors (Lipinski definition) is 2. The molecule has 0 radical (unpaired) electrons. The number of quaternary nitrogens is 1. The van der Waals surface area contributed by atoms with Crippen molar-refractivity contribution in [2.75, 3.05) is 25.9 Å². The highest BCUT2D eigenvalue weighted by Gasteiger charge is 2.58. The van der Waals surface area contributed by atoms with Crippen LogP contribution in [-0.4, -0.2) is 31.6 Å². The Morgan fingerprint density at radius 2 is 1.89 bits per heavy atom. The van der Waals surface area contributed by atoms with Crippen LogP contribution in [0.5, 0.6) is 0 Å². The molecular weight excluding hydrogens is 354 g/mol. The quantitative estimate of drug-likeness (QED) is 0.624. The van der Waals surface area contributed by atoms with Crippen molar-refractivity contribution in [1.29, 1.82) is 21.2 Å². The van der Waals surface area contributed by atoms with Gasteiger partial charge in [-0.3, -0.25) is 0 Å². The number of benzene rings is 1. The van der Waals surface area contributed by atoms with Gasteiger partial charge in [-0.25, -0.2) is 0 Å². The van der Waals surface area contributed by atoms with Gasteiger partial charge in [-0.1, -0.05) is 12.1 Å². The van der Waals surface area contributed by atoms with Crippen molar-refractivity contribution < 1.29 is 4.90 Å². The summed E-state index contributed by atoms with van der Waals surface area (Å²) in [4.78, 5) is 2.48. The number of likely N-dealkylation sites (N-methyl/N-ethyl adjacent to an activating group) is 1. The lowest BCUT2D eigenvalue weighted by Gasteiger charge is -2.46. The molecular formula is C21H22N5S+. The zero-order valence-electron chi connectivity index (χ0n) is 15.5. The van der Waals surface area contributed by atoms with Crippen LogP contribution in [0.25, 0.3) is 0 Å². The van der Waals surface area contributed by atoms with Gasteiger partial charge in [0.05, 0.1) is 43.6 Å². The topological polar surface area (TPSA) is 99.7 Å². The number of nitrogens with one attached hydrogen (secondary N) is 2. The molecule has 2 unspecified atom stereocenters. The predicted molar refractivity (Wildman–Crippen MR) is 104 cm³/mol. The largest absolute Gasteiger partial charge is 0.331 e. The maximum atomic E-state index is 10.0. The van der Waals surface area contributed by atoms with Crippen LogP contribution in [0.15, 0.2) is 40.8 Å². The average molecular weight is 377 g/mol. The molecule has 6 heteroatoms. The van der Waals surface area contributed by atoms with E-state index in [1.807, 2.05) is 30.5 Å². The number of nitrogens with zero attached hydrogens (tertiary/aromatic N) is 3. The fraction of sp³-hybridized carbons (Fsp3) is 0.429. The standard InChI is InChI=1S/C21H21N5S/c1-3-26-9-8-16-17(10-22)20(25)21(12-23,13-24)19(18(16)11-26)14-4-6-15(27-2)7-5-14/h4-8,17-19,25H,3,9,11H2,1-2H3/p+1/t17?,18-,19+/m0/s1. The first kappa shape index (κ1) is 19.2. The van der Waals surface area contributed by atoms with E-state index >= 15 is 0 Å². The Hall–Kier alpha value is -2.59. The minimum absolute atomic E-state index is 0.0728. The van der Waals surface area contributed by atoms with E-state index in [1.54, 1.807) is 11.8 Å². The first-order valence-electron chi connectivity index (χ1n) is 9.04. The van der Waals surface area contributed by atoms with Crippen molar-refractivity contribution in [2.45, 2.75) is 17.7 Å². The van der Waals surface area contributed by atoms with Crippen molar-refractivity contribution in [3.63, 3.8) is 0 Å². The summed E-state index contributed by atoms with van der Waals surface area (Å²) in [5.74, 6) is -1.31. The Balaban J connectivity index is 2.21. The van der Waals surface area contributed by atoms with E-state index in [4.69, 9.17) is 5.41 Å². The number of nitriles is 3. The van der Waals surface area contributed by atoms with Gasteiger partial charge in [0.1, 0.15) is 5.92 Å². The van der Waals surface area contributed by atoms with Crippen molar-refractivity contribution in [1.82, 2.24) is 0 Å². The lowest BCUT2D eigenvalue weighted by molar-refractivity contribution is -0.897. The van der Waals surface area contributed by atoms with Gasteiger partial charge in [0.2, 0.25) is 0 Å². The highest BCUT2D eigenvalue weighted by molar-refractivity contribution is 7.98. The fourth-order valence-electron chi connectivity index (χ4n) is 4.44. The molecule has 4 atom stereocenters. The monoisotopic (exact) mass is 376 g/mol. The molecule has 1 saturated carbocycles. The molecule has 5 nitrogen and oxygen atoms in total. The average Bonchev–Trinajstić information content (AvgIpc) is 2.73. The molecule has 1 heterocycles. The molecule has 0 spiro atoms. The first-order valence-corrected chi connectivity index (χ1v) is 10.3. The third-order valence-electron chi connectivity index (χ3n) is 5.94. The highest BCUT2D eigenvalue weighted by atomic mass is 32.2. The molecule has 136 valence electrons. The van der Waals surface area contributed by atoms with Crippen LogP contribution < -0.4 is 4.90 Å². The van der Waals surface area contributed by atoms with E-state index in [-0.39, 0.29) is 11.6 Å². The Morgan fingerprint density at radius 1 is 1.22 bits per heavy atom. The van der Waals surface area contributed by atoms with Gasteiger partial charge in [0, 0.05) is 16.7 Å². The summed E-state index contributed by atoms with van der Waals surface area (Å²) in [6, 6.07) is 14.4. The molecule has 1 aromatic carbocycles. The molecule has 1 fully saturated rings. The van der Waals surface area contributed by atoms with E-state index in [0.29, 0.717) is 0 Å². The maximum Gasteiger partial charge on any atom is 0.189 e. The first-order chi connectivity index (χ1) is 13.1. The van der Waals surface area contributed by atoms with Crippen molar-refractivity contribution in [3.8, 4) is 18.2 Å². The normalized spacial score (nSPS) is 28.9. The molecule has 3 rings (SSSR count). The van der Waals surface area contributed by atoms with Crippen LogP contribution in [0.4, 0.5) is 0 Å². The number of rotatable bonds is 3. The lowest BCUT2D eigenvalue weighted by Crippen LogP contribution is -3.13. The summed E-state index contributed by atoms with van der Waals surface area (Å²) >= 11 is 1.64. The van der Waals surface area contributed by atoms with Crippen LogP contribution in [0, 0.1) is 56.7 Å². The molecule has 1 aliphatic carbocycles. The molecule has 0 bridgehead atoms. The molecule has 0 amide bonds. The Bertz CT molecular complexity index is 882. The molecule has 1 aromatic rings. The predicted octanol–water partition coefficient (Wildman–Crippen LogP) is 2.16. The van der Waals surface area contributed by atoms with E-state index in [1.165, 1.54) is 4.90 Å². The van der Waals surface area contributed by atoms with E-state index in [0.717, 1.165) is 35.7 Å². The number of thioether (sulfide) groups is 1. The summed E-state index contributed by atoms with van der Waals surface area (Å²) in [7, 11) is 0. The van der Waals surface area contributed by atoms with Gasteiger partial charge in [0.15, 0.2) is 5.41 Å². The lowest BCUT2D eigenvalue weighted by atomic mass is 9.54. The molecule has 0 saturated heterocycles. The van der Waals surface area contributed by atoms with Crippen LogP contribution in [-0.2, 0) is 0 Å². The second-order valence-corrected chi connectivity index (χ2v) is 7.96. The molecule has 2 aliphatic rings. The van der Waals surface area contributed by atoms with Gasteiger partial charge < -0.3 is 10.3 Å². The van der Waals surface area contributed by atoms with Gasteiger partial charge in [-0.05, 0) is 42.5 Å². The molecule has 27 heavy (non-hydrogen) atoms. The zero-order valence-corrected chi connectivity index (χ0v) is 16.3. The Morgan fingerprint density at radius 3 is 2.41 bits per heavy atom. The van der Waals surface area contributed by atoms with Gasteiger partial charge >= 0.3 is 0 Å². The van der Waals surface area contributed by atoms with Crippen LogP contribution in [0.2, 0.25) is 0 Å². The minimum Gasteiger partial charge on any atom is -0.331 e. The van der Waals surface area contributed by atoms with Crippen molar-refractivity contribution in [2.24, 2.45) is 17.3 Å². The van der Waals surface area contributed by atoms with Crippen molar-refractivity contribution in [3.05, 3.63) is 41.5 Å². The van der Waals surface area contributed by atoms with E-state index in [9.17, 15) is 15.8 Å². The minimum atomic E-state index is -1.61. The van der Waals surface area contributed by atoms with E-state index in [2.05, 4.69) is 31.2 Å². The summed E-state index contributed by atoms with van der Waals surface area (Å²) in [5, 5.41) is 38.4. The number of fused-ring (bicyclic) bond motifs is 1. The summed E-state index contributed by atoms with van der Waals surface area (Å²) in [6.45, 7) is 4.65. The highest BCUT2D eigenvalue weighted by Crippen LogP contribution is 2.52. The van der Waals surface area contributed by atoms with Crippen molar-refractivity contribution >= 4 is 17.5 Å². The van der Waals surface area contributed by atoms with Crippen LogP contribution in [0.1, 0.15) is 18.4 Å². The SMILES string of the molecule is CC[NH+]1CC=C2C(C#N)C(=N)C(C#N)(C#N)[C@H](c3ccc(SC)cc3)[C@H]2C1. The third kappa shape index (κ3) is 2.94. The summed E-state index contributed by atoms with van der Waals surface area (Å²) in [6.07, 6.45) is 4.07. The molecule has 2 N–H and O–H groups in total. The van der Waals surface area contributed by atoms with Crippen LogP contribution in [0.3, 0.4) is 0 Å². The van der Waals surface area contributed by atoms with Crippen LogP contribution >= 0.6 is 11.8 Å². The fourth-order valence-corrected chi connectivity index (χ4v) is 4.85. The van der Waals surface area contributed by atoms with Gasteiger partial charge in [-0.2, -0.15) is 15.8 Å². The molecule has 0 aromatic heterocycles. The summed E-state index contributed by atoms with van der Waals surface area (Å²) in [5.41, 5.74) is 0.126. The van der Waals surface area contributed by atoms with E-state index < -0.39 is 17.3 Å². The van der Waals surface area contributed by atoms with Gasteiger partial charge in [-0.15, -0.1) is 11.8 Å². The van der Waals surface area contributed by atoms with Gasteiger partial charge in [0.25, 0.3) is 0 Å². The Labute approximate surface area is 164 Å². The smallest absolute Gasteiger partial charge is 0.189 e. The second kappa shape index (κ2) is 7.57. The zero-order chi connectivity index (χ0) is 19.6. The second-order valence-electron chi connectivity index (χ2n) is 7.08. The molecule has 1 aliphatic heterocycles. The maximum absolute atomic E-state index is 10.0.